The van der Waals surface area contributed by atoms with Crippen molar-refractivity contribution in [2.24, 2.45) is 5.92 Å². The summed E-state index contributed by atoms with van der Waals surface area (Å²) in [6.45, 7) is 2.28. The van der Waals surface area contributed by atoms with Crippen molar-refractivity contribution in [3.8, 4) is 0 Å². The van der Waals surface area contributed by atoms with Gasteiger partial charge < -0.3 is 4.74 Å². The molecule has 0 aromatic heterocycles. The molecule has 184 valence electrons. The number of rotatable bonds is 13. The van der Waals surface area contributed by atoms with Gasteiger partial charge in [0.15, 0.2) is 0 Å². The number of carbonyl (C=O) groups excluding carboxylic acids is 2. The molecule has 0 saturated heterocycles. The number of hydrogen-bond acceptors (Lipinski definition) is 4. The highest BCUT2D eigenvalue weighted by molar-refractivity contribution is 5.91. The molecule has 0 N–H and O–H groups in total. The number of unbranched alkanes of at least 4 members (excludes halogenated alkanes) is 1. The molecule has 0 heterocycles. The van der Waals surface area contributed by atoms with Gasteiger partial charge in [-0.25, -0.2) is 4.79 Å². The van der Waals surface area contributed by atoms with Crippen LogP contribution in [0.5, 0.6) is 0 Å². The van der Waals surface area contributed by atoms with Gasteiger partial charge in [-0.2, -0.15) is 0 Å². The Morgan fingerprint density at radius 2 is 1.23 bits per heavy atom. The summed E-state index contributed by atoms with van der Waals surface area (Å²) in [5.74, 6) is -0.640. The number of aryl methyl sites for hydroxylation is 1. The van der Waals surface area contributed by atoms with E-state index >= 15 is 0 Å². The highest BCUT2D eigenvalue weighted by Crippen LogP contribution is 2.21. The fraction of sp³-hybridized carbons (Fsp3) is 0.333. The molecule has 0 aliphatic heterocycles. The average Bonchev–Trinajstić information content (AvgIpc) is 2.91. The maximum absolute atomic E-state index is 13.6. The van der Waals surface area contributed by atoms with E-state index in [2.05, 4.69) is 19.1 Å². The first-order chi connectivity index (χ1) is 17.2. The molecule has 0 fully saturated rings. The largest absolute Gasteiger partial charge is 0.443 e. The Morgan fingerprint density at radius 1 is 0.714 bits per heavy atom. The van der Waals surface area contributed by atoms with Crippen LogP contribution in [0, 0.1) is 5.92 Å². The minimum Gasteiger partial charge on any atom is -0.443 e. The van der Waals surface area contributed by atoms with Gasteiger partial charge >= 0.3 is 6.09 Å². The molecule has 5 nitrogen and oxygen atoms in total. The highest BCUT2D eigenvalue weighted by Gasteiger charge is 2.31. The van der Waals surface area contributed by atoms with Crippen molar-refractivity contribution >= 4 is 12.0 Å². The molecular weight excluding hydrogens is 438 g/mol. The predicted molar refractivity (Wildman–Crippen MR) is 137 cm³/mol. The molecule has 3 aromatic carbocycles. The van der Waals surface area contributed by atoms with Crippen LogP contribution in [0.15, 0.2) is 91.0 Å². The lowest BCUT2D eigenvalue weighted by Gasteiger charge is -2.24. The summed E-state index contributed by atoms with van der Waals surface area (Å²) in [6, 6.07) is 29.1. The average molecular weight is 474 g/mol. The molecule has 0 spiro atoms. The van der Waals surface area contributed by atoms with E-state index in [1.165, 1.54) is 5.56 Å². The number of nitrogens with zero attached hydrogens (tertiary/aromatic N) is 1. The fourth-order valence-corrected chi connectivity index (χ4v) is 3.90. The molecule has 0 bridgehead atoms. The van der Waals surface area contributed by atoms with E-state index < -0.39 is 6.09 Å². The number of imide groups is 1. The summed E-state index contributed by atoms with van der Waals surface area (Å²) in [5.41, 5.74) is 2.96. The SMILES string of the molecule is CCCCC(CCCc1ccccc1)C(=O)N(OCc1ccccc1)C(=O)OCc1ccccc1. The van der Waals surface area contributed by atoms with Crippen molar-refractivity contribution in [1.29, 1.82) is 0 Å². The molecule has 1 atom stereocenters. The van der Waals surface area contributed by atoms with E-state index in [0.717, 1.165) is 41.9 Å². The van der Waals surface area contributed by atoms with Crippen molar-refractivity contribution in [3.63, 3.8) is 0 Å². The van der Waals surface area contributed by atoms with Crippen LogP contribution >= 0.6 is 0 Å². The summed E-state index contributed by atoms with van der Waals surface area (Å²) in [4.78, 5) is 32.4. The van der Waals surface area contributed by atoms with Crippen LogP contribution in [-0.2, 0) is 34.0 Å². The minimum absolute atomic E-state index is 0.0752. The Hall–Kier alpha value is -3.44. The van der Waals surface area contributed by atoms with E-state index in [0.29, 0.717) is 12.8 Å². The van der Waals surface area contributed by atoms with Crippen LogP contribution in [0.2, 0.25) is 0 Å². The second-order valence-corrected chi connectivity index (χ2v) is 8.65. The molecule has 0 aliphatic carbocycles. The van der Waals surface area contributed by atoms with Crippen LogP contribution in [0.4, 0.5) is 4.79 Å². The number of benzene rings is 3. The molecule has 3 aromatic rings. The van der Waals surface area contributed by atoms with Crippen molar-refractivity contribution < 1.29 is 19.2 Å². The number of ether oxygens (including phenoxy) is 1. The monoisotopic (exact) mass is 473 g/mol. The number of amides is 2. The second-order valence-electron chi connectivity index (χ2n) is 8.65. The van der Waals surface area contributed by atoms with Gasteiger partial charge in [-0.05, 0) is 42.4 Å². The lowest BCUT2D eigenvalue weighted by molar-refractivity contribution is -0.184. The van der Waals surface area contributed by atoms with Crippen molar-refractivity contribution in [1.82, 2.24) is 5.06 Å². The van der Waals surface area contributed by atoms with Crippen LogP contribution in [0.3, 0.4) is 0 Å². The first-order valence-corrected chi connectivity index (χ1v) is 12.4. The van der Waals surface area contributed by atoms with Crippen molar-refractivity contribution in [2.75, 3.05) is 0 Å². The third-order valence-electron chi connectivity index (χ3n) is 5.89. The van der Waals surface area contributed by atoms with E-state index in [1.807, 2.05) is 78.9 Å². The smallest absolute Gasteiger partial charge is 0.441 e. The molecule has 3 rings (SSSR count). The zero-order valence-corrected chi connectivity index (χ0v) is 20.5. The first kappa shape index (κ1) is 26.2. The minimum atomic E-state index is -0.778. The fourth-order valence-electron chi connectivity index (χ4n) is 3.90. The number of hydrogen-bond donors (Lipinski definition) is 0. The number of carbonyl (C=O) groups is 2. The zero-order chi connectivity index (χ0) is 24.7. The van der Waals surface area contributed by atoms with Gasteiger partial charge in [-0.15, -0.1) is 5.06 Å². The summed E-state index contributed by atoms with van der Waals surface area (Å²) in [5, 5.41) is 0.846. The molecule has 0 aliphatic rings. The standard InChI is InChI=1S/C30H35NO4/c1-2-3-21-28(22-13-20-25-14-7-4-8-15-25)29(32)31(35-24-27-18-11-6-12-19-27)30(33)34-23-26-16-9-5-10-17-26/h4-12,14-19,28H,2-3,13,20-24H2,1H3. The van der Waals surface area contributed by atoms with Gasteiger partial charge in [0.25, 0.3) is 5.91 Å². The molecule has 35 heavy (non-hydrogen) atoms. The van der Waals surface area contributed by atoms with Gasteiger partial charge in [-0.3, -0.25) is 9.63 Å². The van der Waals surface area contributed by atoms with Crippen molar-refractivity contribution in [2.45, 2.75) is 58.7 Å². The Kier molecular flexibility index (Phi) is 11.0. The summed E-state index contributed by atoms with van der Waals surface area (Å²) in [7, 11) is 0. The van der Waals surface area contributed by atoms with Gasteiger partial charge in [0.1, 0.15) is 13.2 Å². The molecule has 2 amide bonds. The Bertz CT molecular complexity index is 1010. The van der Waals surface area contributed by atoms with Crippen LogP contribution < -0.4 is 0 Å². The van der Waals surface area contributed by atoms with Crippen LogP contribution in [0.25, 0.3) is 0 Å². The van der Waals surface area contributed by atoms with E-state index in [9.17, 15) is 9.59 Å². The zero-order valence-electron chi connectivity index (χ0n) is 20.5. The summed E-state index contributed by atoms with van der Waals surface area (Å²) < 4.78 is 5.47. The maximum Gasteiger partial charge on any atom is 0.441 e. The summed E-state index contributed by atoms with van der Waals surface area (Å²) in [6.07, 6.45) is 4.25. The van der Waals surface area contributed by atoms with E-state index in [1.54, 1.807) is 0 Å². The molecule has 5 heteroatoms. The Balaban J connectivity index is 1.68. The maximum atomic E-state index is 13.6. The lowest BCUT2D eigenvalue weighted by Crippen LogP contribution is -2.41. The van der Waals surface area contributed by atoms with Gasteiger partial charge in [0, 0.05) is 5.92 Å². The highest BCUT2D eigenvalue weighted by atomic mass is 16.7. The predicted octanol–water partition coefficient (Wildman–Crippen LogP) is 7.11. The second kappa shape index (κ2) is 14.7. The van der Waals surface area contributed by atoms with Gasteiger partial charge in [-0.1, -0.05) is 111 Å². The quantitative estimate of drug-likeness (QED) is 0.248. The van der Waals surface area contributed by atoms with Crippen LogP contribution in [-0.4, -0.2) is 17.1 Å². The molecule has 0 saturated carbocycles. The van der Waals surface area contributed by atoms with Gasteiger partial charge in [0.2, 0.25) is 0 Å². The van der Waals surface area contributed by atoms with Crippen LogP contribution in [0.1, 0.15) is 55.7 Å². The first-order valence-electron chi connectivity index (χ1n) is 12.4. The Labute approximate surface area is 208 Å². The molecular formula is C30H35NO4. The normalized spacial score (nSPS) is 11.6. The topological polar surface area (TPSA) is 55.8 Å². The Morgan fingerprint density at radius 3 is 1.80 bits per heavy atom. The number of hydroxylamine groups is 2. The van der Waals surface area contributed by atoms with E-state index in [4.69, 9.17) is 9.57 Å². The molecule has 0 radical (unpaired) electrons. The summed E-state index contributed by atoms with van der Waals surface area (Å²) >= 11 is 0. The van der Waals surface area contributed by atoms with E-state index in [-0.39, 0.29) is 25.0 Å². The third kappa shape index (κ3) is 9.02. The van der Waals surface area contributed by atoms with Gasteiger partial charge in [0.05, 0.1) is 0 Å². The lowest BCUT2D eigenvalue weighted by atomic mass is 9.93. The molecule has 1 unspecified atom stereocenters. The van der Waals surface area contributed by atoms with Crippen molar-refractivity contribution in [3.05, 3.63) is 108 Å². The third-order valence-corrected chi connectivity index (χ3v) is 5.89.